The van der Waals surface area contributed by atoms with Crippen LogP contribution in [-0.2, 0) is 19.4 Å². The monoisotopic (exact) mass is 332 g/mol. The van der Waals surface area contributed by atoms with Crippen LogP contribution in [0.2, 0.25) is 0 Å². The number of rotatable bonds is 8. The van der Waals surface area contributed by atoms with Crippen molar-refractivity contribution in [3.63, 3.8) is 0 Å². The second kappa shape index (κ2) is 8.50. The van der Waals surface area contributed by atoms with E-state index in [0.29, 0.717) is 26.1 Å². The van der Waals surface area contributed by atoms with Gasteiger partial charge >= 0.3 is 0 Å². The third-order valence-corrected chi connectivity index (χ3v) is 5.70. The quantitative estimate of drug-likeness (QED) is 0.623. The molecule has 0 saturated carbocycles. The molecule has 128 valence electrons. The Kier molecular flexibility index (Phi) is 7.32. The van der Waals surface area contributed by atoms with E-state index in [9.17, 15) is 18.0 Å². The fourth-order valence-electron chi connectivity index (χ4n) is 2.90. The second-order valence-corrected chi connectivity index (χ2v) is 8.02. The molecule has 1 unspecified atom stereocenters. The molecular formula is C15H28N2O4S. The van der Waals surface area contributed by atoms with Gasteiger partial charge < -0.3 is 9.80 Å². The summed E-state index contributed by atoms with van der Waals surface area (Å²) >= 11 is 0. The average Bonchev–Trinajstić information content (AvgIpc) is 2.79. The summed E-state index contributed by atoms with van der Waals surface area (Å²) in [5.41, 5.74) is 0. The minimum absolute atomic E-state index is 0.0222. The van der Waals surface area contributed by atoms with Gasteiger partial charge in [-0.3, -0.25) is 9.59 Å². The Hall–Kier alpha value is -1.11. The van der Waals surface area contributed by atoms with Crippen LogP contribution in [0, 0.1) is 0 Å². The van der Waals surface area contributed by atoms with E-state index in [1.54, 1.807) is 9.80 Å². The second-order valence-electron chi connectivity index (χ2n) is 5.79. The van der Waals surface area contributed by atoms with E-state index in [0.717, 1.165) is 12.8 Å². The Labute approximate surface area is 133 Å². The molecule has 22 heavy (non-hydrogen) atoms. The molecule has 1 aliphatic heterocycles. The summed E-state index contributed by atoms with van der Waals surface area (Å²) in [7, 11) is -3.04. The summed E-state index contributed by atoms with van der Waals surface area (Å²) < 4.78 is 23.1. The van der Waals surface area contributed by atoms with Crippen molar-refractivity contribution in [2.75, 3.05) is 31.1 Å². The lowest BCUT2D eigenvalue weighted by atomic mass is 10.2. The van der Waals surface area contributed by atoms with Crippen molar-refractivity contribution in [1.29, 1.82) is 0 Å². The van der Waals surface area contributed by atoms with Crippen LogP contribution in [0.3, 0.4) is 0 Å². The fourth-order valence-corrected chi connectivity index (χ4v) is 4.63. The van der Waals surface area contributed by atoms with E-state index in [2.05, 4.69) is 0 Å². The molecule has 2 amide bonds. The predicted molar refractivity (Wildman–Crippen MR) is 86.2 cm³/mol. The van der Waals surface area contributed by atoms with Crippen LogP contribution in [-0.4, -0.2) is 67.2 Å². The molecule has 1 aliphatic rings. The highest BCUT2D eigenvalue weighted by Crippen LogP contribution is 2.18. The first kappa shape index (κ1) is 18.9. The van der Waals surface area contributed by atoms with Gasteiger partial charge in [-0.15, -0.1) is 0 Å². The van der Waals surface area contributed by atoms with Gasteiger partial charge in [0.25, 0.3) is 0 Å². The number of carbonyl (C=O) groups excluding carboxylic acids is 2. The standard InChI is InChI=1S/C15H28N2O4S/c1-4-8-16(9-5-2)14(18)11-15(19)17(6-3)13-7-10-22(20,21)12-13/h13H,4-12H2,1-3H3. The highest BCUT2D eigenvalue weighted by atomic mass is 32.2. The van der Waals surface area contributed by atoms with Crippen LogP contribution in [0.1, 0.15) is 46.5 Å². The van der Waals surface area contributed by atoms with Crippen molar-refractivity contribution in [3.8, 4) is 0 Å². The Bertz CT molecular complexity index is 484. The minimum atomic E-state index is -3.04. The van der Waals surface area contributed by atoms with Gasteiger partial charge in [-0.1, -0.05) is 13.8 Å². The molecule has 1 rings (SSSR count). The zero-order valence-electron chi connectivity index (χ0n) is 13.9. The summed E-state index contributed by atoms with van der Waals surface area (Å²) in [6.07, 6.45) is 2.03. The Morgan fingerprint density at radius 1 is 1.05 bits per heavy atom. The van der Waals surface area contributed by atoms with Crippen LogP contribution >= 0.6 is 0 Å². The Morgan fingerprint density at radius 2 is 1.64 bits per heavy atom. The number of nitrogens with zero attached hydrogens (tertiary/aromatic N) is 2. The maximum atomic E-state index is 12.4. The van der Waals surface area contributed by atoms with E-state index >= 15 is 0 Å². The first-order valence-corrected chi connectivity index (χ1v) is 9.94. The highest BCUT2D eigenvalue weighted by molar-refractivity contribution is 7.91. The lowest BCUT2D eigenvalue weighted by Gasteiger charge is -2.28. The first-order valence-electron chi connectivity index (χ1n) is 8.12. The van der Waals surface area contributed by atoms with Gasteiger partial charge in [0.2, 0.25) is 11.8 Å². The highest BCUT2D eigenvalue weighted by Gasteiger charge is 2.34. The molecule has 1 heterocycles. The maximum absolute atomic E-state index is 12.4. The van der Waals surface area contributed by atoms with Crippen molar-refractivity contribution in [3.05, 3.63) is 0 Å². The Morgan fingerprint density at radius 3 is 2.05 bits per heavy atom. The number of sulfone groups is 1. The number of amides is 2. The Balaban J connectivity index is 2.66. The molecule has 0 aliphatic carbocycles. The van der Waals surface area contributed by atoms with Gasteiger partial charge in [-0.2, -0.15) is 0 Å². The van der Waals surface area contributed by atoms with Crippen molar-refractivity contribution in [2.24, 2.45) is 0 Å². The SMILES string of the molecule is CCCN(CCC)C(=O)CC(=O)N(CC)C1CCS(=O)(=O)C1. The lowest BCUT2D eigenvalue weighted by molar-refractivity contribution is -0.141. The first-order chi connectivity index (χ1) is 10.3. The van der Waals surface area contributed by atoms with Crippen molar-refractivity contribution in [1.82, 2.24) is 9.80 Å². The zero-order valence-corrected chi connectivity index (χ0v) is 14.7. The molecule has 0 spiro atoms. The van der Waals surface area contributed by atoms with Gasteiger partial charge in [-0.05, 0) is 26.2 Å². The number of hydrogen-bond acceptors (Lipinski definition) is 4. The topological polar surface area (TPSA) is 74.8 Å². The average molecular weight is 332 g/mol. The van der Waals surface area contributed by atoms with Crippen LogP contribution in [0.15, 0.2) is 0 Å². The van der Waals surface area contributed by atoms with Crippen LogP contribution < -0.4 is 0 Å². The predicted octanol–water partition coefficient (Wildman–Crippen LogP) is 1.06. The maximum Gasteiger partial charge on any atom is 0.232 e. The van der Waals surface area contributed by atoms with Crippen LogP contribution in [0.5, 0.6) is 0 Å². The van der Waals surface area contributed by atoms with Gasteiger partial charge in [-0.25, -0.2) is 8.42 Å². The summed E-state index contributed by atoms with van der Waals surface area (Å²) in [6, 6.07) is -0.277. The van der Waals surface area contributed by atoms with Gasteiger partial charge in [0.1, 0.15) is 6.42 Å². The molecule has 6 nitrogen and oxygen atoms in total. The summed E-state index contributed by atoms with van der Waals surface area (Å²) in [5.74, 6) is -0.262. The number of carbonyl (C=O) groups is 2. The van der Waals surface area contributed by atoms with E-state index in [1.165, 1.54) is 0 Å². The third kappa shape index (κ3) is 5.26. The smallest absolute Gasteiger partial charge is 0.232 e. The summed E-state index contributed by atoms with van der Waals surface area (Å²) in [4.78, 5) is 27.9. The molecule has 0 radical (unpaired) electrons. The fraction of sp³-hybridized carbons (Fsp3) is 0.867. The molecule has 0 aromatic rings. The van der Waals surface area contributed by atoms with Gasteiger partial charge in [0.05, 0.1) is 11.5 Å². The molecule has 1 saturated heterocycles. The van der Waals surface area contributed by atoms with E-state index in [1.807, 2.05) is 20.8 Å². The van der Waals surface area contributed by atoms with Crippen molar-refractivity contribution >= 4 is 21.7 Å². The van der Waals surface area contributed by atoms with Crippen molar-refractivity contribution < 1.29 is 18.0 Å². The largest absolute Gasteiger partial charge is 0.342 e. The molecule has 0 bridgehead atoms. The summed E-state index contributed by atoms with van der Waals surface area (Å²) in [6.45, 7) is 7.57. The zero-order chi connectivity index (χ0) is 16.8. The normalized spacial score (nSPS) is 19.9. The minimum Gasteiger partial charge on any atom is -0.342 e. The molecule has 0 aromatic carbocycles. The van der Waals surface area contributed by atoms with Gasteiger partial charge in [0, 0.05) is 25.7 Å². The molecule has 1 atom stereocenters. The van der Waals surface area contributed by atoms with Crippen LogP contribution in [0.4, 0.5) is 0 Å². The lowest BCUT2D eigenvalue weighted by Crippen LogP contribution is -2.44. The summed E-state index contributed by atoms with van der Waals surface area (Å²) in [5, 5.41) is 0. The molecule has 0 aromatic heterocycles. The molecule has 7 heteroatoms. The van der Waals surface area contributed by atoms with E-state index in [-0.39, 0.29) is 35.8 Å². The van der Waals surface area contributed by atoms with Crippen molar-refractivity contribution in [2.45, 2.75) is 52.5 Å². The number of hydrogen-bond donors (Lipinski definition) is 0. The molecule has 0 N–H and O–H groups in total. The van der Waals surface area contributed by atoms with Crippen LogP contribution in [0.25, 0.3) is 0 Å². The molecular weight excluding hydrogens is 304 g/mol. The van der Waals surface area contributed by atoms with E-state index < -0.39 is 9.84 Å². The molecule has 1 fully saturated rings. The third-order valence-electron chi connectivity index (χ3n) is 3.95. The van der Waals surface area contributed by atoms with Gasteiger partial charge in [0.15, 0.2) is 9.84 Å². The van der Waals surface area contributed by atoms with E-state index in [4.69, 9.17) is 0 Å².